The van der Waals surface area contributed by atoms with Crippen molar-refractivity contribution in [3.05, 3.63) is 65.5 Å². The highest BCUT2D eigenvalue weighted by molar-refractivity contribution is 6.00. The first kappa shape index (κ1) is 16.5. The van der Waals surface area contributed by atoms with Crippen LogP contribution in [0.2, 0.25) is 0 Å². The molecule has 0 unspecified atom stereocenters. The van der Waals surface area contributed by atoms with Crippen LogP contribution in [0.4, 0.5) is 10.1 Å². The Morgan fingerprint density at radius 1 is 1.12 bits per heavy atom. The molecule has 1 heterocycles. The van der Waals surface area contributed by atoms with Crippen LogP contribution in [0, 0.1) is 5.82 Å². The van der Waals surface area contributed by atoms with Gasteiger partial charge in [-0.2, -0.15) is 0 Å². The fourth-order valence-electron chi connectivity index (χ4n) is 3.43. The van der Waals surface area contributed by atoms with E-state index >= 15 is 0 Å². The Morgan fingerprint density at radius 2 is 1.92 bits per heavy atom. The molecule has 0 aromatic heterocycles. The summed E-state index contributed by atoms with van der Waals surface area (Å²) in [6.45, 7) is 0.710. The molecule has 4 heteroatoms. The molecule has 0 N–H and O–H groups in total. The van der Waals surface area contributed by atoms with E-state index in [0.29, 0.717) is 12.1 Å². The maximum atomic E-state index is 13.6. The molecule has 2 aromatic carbocycles. The SMILES string of the molecule is CN(C)c1ccccc1C(=O)N1CCCC[C@H]1c1cccc(F)c1. The fraction of sp³-hybridized carbons (Fsp3) is 0.350. The van der Waals surface area contributed by atoms with E-state index in [1.807, 2.05) is 54.2 Å². The first-order valence-corrected chi connectivity index (χ1v) is 8.40. The summed E-state index contributed by atoms with van der Waals surface area (Å²) in [5, 5.41) is 0. The quantitative estimate of drug-likeness (QED) is 0.841. The summed E-state index contributed by atoms with van der Waals surface area (Å²) in [6, 6.07) is 14.2. The third kappa shape index (κ3) is 3.28. The molecule has 0 radical (unpaired) electrons. The highest BCUT2D eigenvalue weighted by Crippen LogP contribution is 2.33. The number of benzene rings is 2. The minimum atomic E-state index is -0.251. The van der Waals surface area contributed by atoms with E-state index in [9.17, 15) is 9.18 Å². The standard InChI is InChI=1S/C20H23FN2O/c1-22(2)19-12-4-3-10-17(19)20(24)23-13-6-5-11-18(23)15-8-7-9-16(21)14-15/h3-4,7-10,12,14,18H,5-6,11,13H2,1-2H3/t18-/m0/s1. The molecule has 0 saturated carbocycles. The van der Waals surface area contributed by atoms with Gasteiger partial charge in [0.25, 0.3) is 5.91 Å². The Labute approximate surface area is 142 Å². The topological polar surface area (TPSA) is 23.6 Å². The average molecular weight is 326 g/mol. The molecule has 126 valence electrons. The highest BCUT2D eigenvalue weighted by atomic mass is 19.1. The third-order valence-electron chi connectivity index (χ3n) is 4.61. The Balaban J connectivity index is 1.95. The predicted octanol–water partition coefficient (Wildman–Crippen LogP) is 4.26. The van der Waals surface area contributed by atoms with E-state index in [2.05, 4.69) is 0 Å². The summed E-state index contributed by atoms with van der Waals surface area (Å²) in [4.78, 5) is 17.1. The van der Waals surface area contributed by atoms with E-state index < -0.39 is 0 Å². The lowest BCUT2D eigenvalue weighted by Gasteiger charge is -2.37. The minimum absolute atomic E-state index is 0.0215. The van der Waals surface area contributed by atoms with Gasteiger partial charge in [-0.05, 0) is 49.1 Å². The van der Waals surface area contributed by atoms with E-state index in [1.54, 1.807) is 12.1 Å². The lowest BCUT2D eigenvalue weighted by atomic mass is 9.94. The van der Waals surface area contributed by atoms with Crippen molar-refractivity contribution in [1.82, 2.24) is 4.90 Å². The van der Waals surface area contributed by atoms with Crippen molar-refractivity contribution in [2.24, 2.45) is 0 Å². The zero-order chi connectivity index (χ0) is 17.1. The number of halogens is 1. The molecule has 0 spiro atoms. The summed E-state index contributed by atoms with van der Waals surface area (Å²) in [5.74, 6) is -0.229. The van der Waals surface area contributed by atoms with Crippen molar-refractivity contribution >= 4 is 11.6 Å². The van der Waals surface area contributed by atoms with Crippen LogP contribution in [-0.2, 0) is 0 Å². The number of amides is 1. The number of carbonyl (C=O) groups excluding carboxylic acids is 1. The molecule has 3 nitrogen and oxygen atoms in total. The first-order valence-electron chi connectivity index (χ1n) is 8.40. The number of anilines is 1. The number of para-hydroxylation sites is 1. The molecule has 0 aliphatic carbocycles. The van der Waals surface area contributed by atoms with E-state index in [4.69, 9.17) is 0 Å². The third-order valence-corrected chi connectivity index (χ3v) is 4.61. The van der Waals surface area contributed by atoms with Crippen molar-refractivity contribution in [3.8, 4) is 0 Å². The van der Waals surface area contributed by atoms with E-state index in [-0.39, 0.29) is 17.8 Å². The number of hydrogen-bond acceptors (Lipinski definition) is 2. The largest absolute Gasteiger partial charge is 0.377 e. The van der Waals surface area contributed by atoms with Crippen molar-refractivity contribution in [2.75, 3.05) is 25.5 Å². The van der Waals surface area contributed by atoms with Gasteiger partial charge in [-0.1, -0.05) is 24.3 Å². The highest BCUT2D eigenvalue weighted by Gasteiger charge is 2.30. The zero-order valence-electron chi connectivity index (χ0n) is 14.2. The number of rotatable bonds is 3. The second-order valence-corrected chi connectivity index (χ2v) is 6.48. The molecule has 1 atom stereocenters. The summed E-state index contributed by atoms with van der Waals surface area (Å²) in [7, 11) is 3.87. The van der Waals surface area contributed by atoms with Crippen molar-refractivity contribution in [1.29, 1.82) is 0 Å². The summed E-state index contributed by atoms with van der Waals surface area (Å²) in [6.07, 6.45) is 2.92. The Kier molecular flexibility index (Phi) is 4.84. The van der Waals surface area contributed by atoms with Crippen LogP contribution in [0.3, 0.4) is 0 Å². The summed E-state index contributed by atoms with van der Waals surface area (Å²) < 4.78 is 13.6. The van der Waals surface area contributed by atoms with Gasteiger partial charge in [-0.15, -0.1) is 0 Å². The second-order valence-electron chi connectivity index (χ2n) is 6.48. The van der Waals surface area contributed by atoms with E-state index in [1.165, 1.54) is 6.07 Å². The van der Waals surface area contributed by atoms with Crippen LogP contribution in [0.25, 0.3) is 0 Å². The Bertz CT molecular complexity index is 729. The molecule has 0 bridgehead atoms. The second kappa shape index (κ2) is 7.04. The molecule has 1 fully saturated rings. The maximum Gasteiger partial charge on any atom is 0.256 e. The minimum Gasteiger partial charge on any atom is -0.377 e. The van der Waals surface area contributed by atoms with Gasteiger partial charge in [0.05, 0.1) is 11.6 Å². The van der Waals surface area contributed by atoms with Crippen LogP contribution in [0.15, 0.2) is 48.5 Å². The monoisotopic (exact) mass is 326 g/mol. The van der Waals surface area contributed by atoms with Gasteiger partial charge in [0.2, 0.25) is 0 Å². The number of hydrogen-bond donors (Lipinski definition) is 0. The molecule has 1 amide bonds. The number of piperidine rings is 1. The lowest BCUT2D eigenvalue weighted by Crippen LogP contribution is -2.39. The zero-order valence-corrected chi connectivity index (χ0v) is 14.2. The van der Waals surface area contributed by atoms with Gasteiger partial charge < -0.3 is 9.80 Å². The fourth-order valence-corrected chi connectivity index (χ4v) is 3.43. The van der Waals surface area contributed by atoms with Crippen molar-refractivity contribution in [2.45, 2.75) is 25.3 Å². The molecular formula is C20H23FN2O. The van der Waals surface area contributed by atoms with Crippen LogP contribution in [0.5, 0.6) is 0 Å². The van der Waals surface area contributed by atoms with Gasteiger partial charge in [-0.3, -0.25) is 4.79 Å². The Morgan fingerprint density at radius 3 is 2.67 bits per heavy atom. The molecule has 24 heavy (non-hydrogen) atoms. The van der Waals surface area contributed by atoms with Crippen LogP contribution in [-0.4, -0.2) is 31.4 Å². The maximum absolute atomic E-state index is 13.6. The van der Waals surface area contributed by atoms with E-state index in [0.717, 1.165) is 30.5 Å². The molecule has 1 saturated heterocycles. The average Bonchev–Trinajstić information content (AvgIpc) is 2.61. The smallest absolute Gasteiger partial charge is 0.256 e. The van der Waals surface area contributed by atoms with Crippen LogP contribution < -0.4 is 4.90 Å². The molecule has 3 rings (SSSR count). The number of nitrogens with zero attached hydrogens (tertiary/aromatic N) is 2. The normalized spacial score (nSPS) is 17.6. The number of carbonyl (C=O) groups is 1. The van der Waals surface area contributed by atoms with Crippen molar-refractivity contribution in [3.63, 3.8) is 0 Å². The van der Waals surface area contributed by atoms with Gasteiger partial charge in [0.15, 0.2) is 0 Å². The predicted molar refractivity (Wildman–Crippen MR) is 94.8 cm³/mol. The van der Waals surface area contributed by atoms with Crippen molar-refractivity contribution < 1.29 is 9.18 Å². The van der Waals surface area contributed by atoms with Gasteiger partial charge in [0.1, 0.15) is 5.82 Å². The van der Waals surface area contributed by atoms with Gasteiger partial charge in [0, 0.05) is 26.3 Å². The van der Waals surface area contributed by atoms with Crippen LogP contribution >= 0.6 is 0 Å². The molecular weight excluding hydrogens is 303 g/mol. The lowest BCUT2D eigenvalue weighted by molar-refractivity contribution is 0.0612. The van der Waals surface area contributed by atoms with Gasteiger partial charge in [-0.25, -0.2) is 4.39 Å². The summed E-state index contributed by atoms with van der Waals surface area (Å²) >= 11 is 0. The van der Waals surface area contributed by atoms with Gasteiger partial charge >= 0.3 is 0 Å². The Hall–Kier alpha value is -2.36. The molecule has 1 aliphatic heterocycles. The summed E-state index contributed by atoms with van der Waals surface area (Å²) in [5.41, 5.74) is 2.49. The molecule has 1 aliphatic rings. The van der Waals surface area contributed by atoms with Crippen LogP contribution in [0.1, 0.15) is 41.2 Å². The molecule has 2 aromatic rings. The first-order chi connectivity index (χ1) is 11.6. The number of likely N-dealkylation sites (tertiary alicyclic amines) is 1.